The van der Waals surface area contributed by atoms with Gasteiger partial charge in [-0.2, -0.15) is 5.10 Å². The molecular weight excluding hydrogens is 312 g/mol. The van der Waals surface area contributed by atoms with Crippen molar-refractivity contribution in [3.8, 4) is 0 Å². The molecule has 0 saturated carbocycles. The lowest BCUT2D eigenvalue weighted by Gasteiger charge is -2.32. The Morgan fingerprint density at radius 1 is 1.57 bits per heavy atom. The van der Waals surface area contributed by atoms with Crippen LogP contribution in [0.1, 0.15) is 17.9 Å². The van der Waals surface area contributed by atoms with Crippen LogP contribution in [0.15, 0.2) is 36.0 Å². The van der Waals surface area contributed by atoms with Crippen LogP contribution in [-0.2, 0) is 11.3 Å². The molecule has 7 heteroatoms. The Bertz CT molecular complexity index is 600. The molecule has 2 aromatic heterocycles. The molecule has 1 aliphatic rings. The van der Waals surface area contributed by atoms with Crippen LogP contribution in [0, 0.1) is 5.92 Å². The summed E-state index contributed by atoms with van der Waals surface area (Å²) in [6.07, 6.45) is 3.70. The van der Waals surface area contributed by atoms with Crippen LogP contribution < -0.4 is 5.32 Å². The molecule has 3 rings (SSSR count). The smallest absolute Gasteiger partial charge is 0.317 e. The van der Waals surface area contributed by atoms with E-state index in [0.29, 0.717) is 32.2 Å². The maximum atomic E-state index is 12.4. The number of urea groups is 1. The predicted octanol–water partition coefficient (Wildman–Crippen LogP) is 2.36. The third-order valence-corrected chi connectivity index (χ3v) is 4.84. The van der Waals surface area contributed by atoms with Crippen LogP contribution in [0.4, 0.5) is 4.79 Å². The molecule has 0 radical (unpaired) electrons. The van der Waals surface area contributed by atoms with Crippen LogP contribution in [0.3, 0.4) is 0 Å². The van der Waals surface area contributed by atoms with E-state index in [1.807, 2.05) is 33.3 Å². The minimum atomic E-state index is -0.0119. The van der Waals surface area contributed by atoms with Crippen molar-refractivity contribution < 1.29 is 9.53 Å². The fraction of sp³-hybridized carbons (Fsp3) is 0.500. The second-order valence-electron chi connectivity index (χ2n) is 5.84. The average Bonchev–Trinajstić information content (AvgIpc) is 3.26. The summed E-state index contributed by atoms with van der Waals surface area (Å²) in [7, 11) is 0. The quantitative estimate of drug-likeness (QED) is 0.913. The van der Waals surface area contributed by atoms with Gasteiger partial charge < -0.3 is 15.0 Å². The molecular formula is C16H22N4O2S. The Morgan fingerprint density at radius 2 is 2.48 bits per heavy atom. The molecule has 0 aliphatic carbocycles. The molecule has 1 aliphatic heterocycles. The van der Waals surface area contributed by atoms with Crippen molar-refractivity contribution in [2.45, 2.75) is 19.6 Å². The number of aromatic nitrogens is 2. The van der Waals surface area contributed by atoms with Crippen molar-refractivity contribution in [2.75, 3.05) is 26.2 Å². The normalized spacial score (nSPS) is 19.5. The number of thiophene rings is 1. The second-order valence-corrected chi connectivity index (χ2v) is 6.82. The Hall–Kier alpha value is -1.86. The number of hydrogen-bond acceptors (Lipinski definition) is 4. The maximum absolute atomic E-state index is 12.4. The molecule has 2 amide bonds. The van der Waals surface area contributed by atoms with Crippen molar-refractivity contribution in [1.82, 2.24) is 20.0 Å². The molecule has 1 N–H and O–H groups in total. The topological polar surface area (TPSA) is 59.4 Å². The lowest BCUT2D eigenvalue weighted by atomic mass is 10.2. The highest BCUT2D eigenvalue weighted by Crippen LogP contribution is 2.25. The summed E-state index contributed by atoms with van der Waals surface area (Å²) < 4.78 is 7.66. The summed E-state index contributed by atoms with van der Waals surface area (Å²) in [5.41, 5.74) is 0. The van der Waals surface area contributed by atoms with Crippen LogP contribution >= 0.6 is 11.3 Å². The zero-order chi connectivity index (χ0) is 16.1. The Morgan fingerprint density at radius 3 is 3.22 bits per heavy atom. The Kier molecular flexibility index (Phi) is 5.30. The lowest BCUT2D eigenvalue weighted by Crippen LogP contribution is -2.48. The third-order valence-electron chi connectivity index (χ3n) is 3.87. The summed E-state index contributed by atoms with van der Waals surface area (Å²) in [4.78, 5) is 15.4. The van der Waals surface area contributed by atoms with Crippen LogP contribution in [-0.4, -0.2) is 47.0 Å². The molecule has 6 nitrogen and oxygen atoms in total. The van der Waals surface area contributed by atoms with Gasteiger partial charge in [-0.25, -0.2) is 4.79 Å². The van der Waals surface area contributed by atoms with Gasteiger partial charge in [0.25, 0.3) is 0 Å². The van der Waals surface area contributed by atoms with E-state index in [4.69, 9.17) is 4.74 Å². The molecule has 0 spiro atoms. The Balaban J connectivity index is 1.46. The number of carbonyl (C=O) groups excluding carboxylic acids is 1. The second kappa shape index (κ2) is 7.61. The molecule has 0 unspecified atom stereocenters. The van der Waals surface area contributed by atoms with Crippen LogP contribution in [0.2, 0.25) is 0 Å². The van der Waals surface area contributed by atoms with E-state index in [2.05, 4.69) is 23.4 Å². The fourth-order valence-electron chi connectivity index (χ4n) is 2.65. The van der Waals surface area contributed by atoms with E-state index in [-0.39, 0.29) is 12.1 Å². The monoisotopic (exact) mass is 334 g/mol. The van der Waals surface area contributed by atoms with E-state index in [1.165, 1.54) is 4.88 Å². The number of carbonyl (C=O) groups is 1. The van der Waals surface area contributed by atoms with Gasteiger partial charge >= 0.3 is 6.03 Å². The number of rotatable bonds is 5. The molecule has 0 aromatic carbocycles. The number of ether oxygens (including phenoxy) is 1. The minimum Gasteiger partial charge on any atom is -0.369 e. The van der Waals surface area contributed by atoms with Gasteiger partial charge in [0.2, 0.25) is 0 Å². The van der Waals surface area contributed by atoms with Gasteiger partial charge in [0.1, 0.15) is 6.10 Å². The summed E-state index contributed by atoms with van der Waals surface area (Å²) in [6.45, 7) is 5.38. The molecule has 0 bridgehead atoms. The summed E-state index contributed by atoms with van der Waals surface area (Å²) in [5.74, 6) is 0.327. The summed E-state index contributed by atoms with van der Waals surface area (Å²) >= 11 is 1.67. The predicted molar refractivity (Wildman–Crippen MR) is 89.4 cm³/mol. The molecule has 1 fully saturated rings. The number of amides is 2. The first-order valence-corrected chi connectivity index (χ1v) is 8.75. The molecule has 23 heavy (non-hydrogen) atoms. The Labute approximate surface area is 140 Å². The SMILES string of the molecule is C[C@H](CNC(=O)N1CCO[C@H](c2cccs2)C1)Cn1cccn1. The summed E-state index contributed by atoms with van der Waals surface area (Å²) in [5, 5.41) is 9.25. The molecule has 2 aromatic rings. The highest BCUT2D eigenvalue weighted by molar-refractivity contribution is 7.10. The van der Waals surface area contributed by atoms with E-state index >= 15 is 0 Å². The first-order valence-electron chi connectivity index (χ1n) is 7.87. The largest absolute Gasteiger partial charge is 0.369 e. The first kappa shape index (κ1) is 16.0. The first-order chi connectivity index (χ1) is 11.2. The van der Waals surface area contributed by atoms with Gasteiger partial charge in [-0.3, -0.25) is 4.68 Å². The van der Waals surface area contributed by atoms with Crippen molar-refractivity contribution in [3.63, 3.8) is 0 Å². The highest BCUT2D eigenvalue weighted by Gasteiger charge is 2.26. The van der Waals surface area contributed by atoms with Gasteiger partial charge in [0, 0.05) is 36.9 Å². The van der Waals surface area contributed by atoms with Crippen molar-refractivity contribution >= 4 is 17.4 Å². The van der Waals surface area contributed by atoms with Crippen molar-refractivity contribution in [1.29, 1.82) is 0 Å². The number of nitrogens with one attached hydrogen (secondary N) is 1. The minimum absolute atomic E-state index is 0.00371. The van der Waals surface area contributed by atoms with E-state index in [9.17, 15) is 4.79 Å². The van der Waals surface area contributed by atoms with Crippen LogP contribution in [0.5, 0.6) is 0 Å². The van der Waals surface area contributed by atoms with Gasteiger partial charge in [-0.1, -0.05) is 13.0 Å². The van der Waals surface area contributed by atoms with Crippen molar-refractivity contribution in [2.24, 2.45) is 5.92 Å². The zero-order valence-corrected chi connectivity index (χ0v) is 14.0. The molecule has 3 heterocycles. The molecule has 124 valence electrons. The number of nitrogens with zero attached hydrogens (tertiary/aromatic N) is 3. The fourth-order valence-corrected chi connectivity index (χ4v) is 3.41. The zero-order valence-electron chi connectivity index (χ0n) is 13.2. The van der Waals surface area contributed by atoms with Gasteiger partial charge in [-0.15, -0.1) is 11.3 Å². The lowest BCUT2D eigenvalue weighted by molar-refractivity contribution is -0.0136. The standard InChI is InChI=1S/C16H22N4O2S/c1-13(11-20-6-3-5-18-20)10-17-16(21)19-7-8-22-14(12-19)15-4-2-9-23-15/h2-6,9,13-14H,7-8,10-12H2,1H3,(H,17,21)/t13-,14+/m1/s1. The summed E-state index contributed by atoms with van der Waals surface area (Å²) in [6, 6.07) is 5.97. The molecule has 2 atom stereocenters. The van der Waals surface area contributed by atoms with Crippen LogP contribution in [0.25, 0.3) is 0 Å². The average molecular weight is 334 g/mol. The van der Waals surface area contributed by atoms with Crippen molar-refractivity contribution in [3.05, 3.63) is 40.8 Å². The van der Waals surface area contributed by atoms with Gasteiger partial charge in [0.05, 0.1) is 13.2 Å². The van der Waals surface area contributed by atoms with E-state index < -0.39 is 0 Å². The third kappa shape index (κ3) is 4.33. The van der Waals surface area contributed by atoms with E-state index in [0.717, 1.165) is 6.54 Å². The maximum Gasteiger partial charge on any atom is 0.317 e. The van der Waals surface area contributed by atoms with E-state index in [1.54, 1.807) is 17.5 Å². The number of hydrogen-bond donors (Lipinski definition) is 1. The highest BCUT2D eigenvalue weighted by atomic mass is 32.1. The molecule has 1 saturated heterocycles. The van der Waals surface area contributed by atoms with Gasteiger partial charge in [-0.05, 0) is 23.4 Å². The number of morpholine rings is 1. The van der Waals surface area contributed by atoms with Gasteiger partial charge in [0.15, 0.2) is 0 Å².